The monoisotopic (exact) mass is 876 g/mol. The highest BCUT2D eigenvalue weighted by atomic mass is 16.5. The molecule has 3 aromatic carbocycles. The van der Waals surface area contributed by atoms with Crippen LogP contribution in [0.3, 0.4) is 0 Å². The van der Waals surface area contributed by atoms with Crippen molar-refractivity contribution in [3.05, 3.63) is 83.6 Å². The molecule has 0 spiro atoms. The Balaban J connectivity index is 0.998. The number of aromatic nitrogens is 4. The number of ether oxygens (including phenoxy) is 5. The molecule has 5 heterocycles. The van der Waals surface area contributed by atoms with Gasteiger partial charge in [-0.05, 0) is 87.1 Å². The maximum absolute atomic E-state index is 13.8. The van der Waals surface area contributed by atoms with Crippen molar-refractivity contribution in [1.29, 1.82) is 0 Å². The lowest BCUT2D eigenvalue weighted by Gasteiger charge is -2.35. The Hall–Kier alpha value is -6.46. The highest BCUT2D eigenvalue weighted by Crippen LogP contribution is 2.50. The molecule has 5 aromatic rings. The molecule has 0 bridgehead atoms. The first-order chi connectivity index (χ1) is 30.8. The number of nitrogens with one attached hydrogen (secondary N) is 4. The number of imidazole rings is 2. The molecule has 17 heteroatoms. The fourth-order valence-corrected chi connectivity index (χ4v) is 9.25. The van der Waals surface area contributed by atoms with Crippen molar-refractivity contribution < 1.29 is 42.9 Å². The van der Waals surface area contributed by atoms with Gasteiger partial charge in [0.05, 0.1) is 61.4 Å². The summed E-state index contributed by atoms with van der Waals surface area (Å²) in [5, 5.41) is 5.27. The van der Waals surface area contributed by atoms with Crippen LogP contribution in [0, 0.1) is 0 Å². The predicted molar refractivity (Wildman–Crippen MR) is 237 cm³/mol. The van der Waals surface area contributed by atoms with Crippen LogP contribution < -0.4 is 15.4 Å². The molecule has 17 nitrogen and oxygen atoms in total. The van der Waals surface area contributed by atoms with Gasteiger partial charge in [-0.1, -0.05) is 32.0 Å². The van der Waals surface area contributed by atoms with Gasteiger partial charge < -0.3 is 54.1 Å². The third-order valence-electron chi connectivity index (χ3n) is 13.1. The Bertz CT molecular complexity index is 2570. The van der Waals surface area contributed by atoms with Gasteiger partial charge in [0.15, 0.2) is 0 Å². The van der Waals surface area contributed by atoms with Gasteiger partial charge in [-0.3, -0.25) is 9.59 Å². The van der Waals surface area contributed by atoms with E-state index in [0.29, 0.717) is 24.7 Å². The van der Waals surface area contributed by atoms with Crippen molar-refractivity contribution in [1.82, 2.24) is 40.4 Å². The number of carbonyl (C=O) groups excluding carboxylic acids is 4. The predicted octanol–water partition coefficient (Wildman–Crippen LogP) is 6.90. The smallest absolute Gasteiger partial charge is 0.407 e. The molecule has 2 aromatic heterocycles. The van der Waals surface area contributed by atoms with Crippen molar-refractivity contribution >= 4 is 35.0 Å². The van der Waals surface area contributed by atoms with E-state index in [1.807, 2.05) is 24.3 Å². The lowest BCUT2D eigenvalue weighted by molar-refractivity contribution is -0.138. The van der Waals surface area contributed by atoms with Crippen LogP contribution in [0.4, 0.5) is 9.59 Å². The lowest BCUT2D eigenvalue weighted by atomic mass is 9.75. The van der Waals surface area contributed by atoms with Gasteiger partial charge in [-0.2, -0.15) is 0 Å². The minimum atomic E-state index is -0.916. The lowest BCUT2D eigenvalue weighted by Crippen LogP contribution is -2.54. The van der Waals surface area contributed by atoms with Crippen molar-refractivity contribution in [3.63, 3.8) is 0 Å². The Labute approximate surface area is 371 Å². The molecule has 3 aliphatic heterocycles. The topological polar surface area (TPSA) is 202 Å². The fraction of sp³-hybridized carbons (Fsp3) is 0.447. The molecule has 0 unspecified atom stereocenters. The number of amides is 4. The van der Waals surface area contributed by atoms with Crippen molar-refractivity contribution in [2.75, 3.05) is 41.5 Å². The molecule has 8 rings (SSSR count). The molecule has 0 saturated carbocycles. The van der Waals surface area contributed by atoms with Crippen molar-refractivity contribution in [2.24, 2.45) is 0 Å². The molecule has 4 amide bonds. The van der Waals surface area contributed by atoms with Crippen LogP contribution in [0.5, 0.6) is 11.5 Å². The zero-order valence-corrected chi connectivity index (χ0v) is 37.4. The molecule has 6 atom stereocenters. The van der Waals surface area contributed by atoms with Crippen molar-refractivity contribution in [3.8, 4) is 33.9 Å². The zero-order chi connectivity index (χ0) is 45.4. The van der Waals surface area contributed by atoms with E-state index in [4.69, 9.17) is 33.7 Å². The standard InChI is InChI=1S/C47H56N8O9/c1-25(60-5)39(52-45(58)62-7)43(56)54-19-9-11-35(54)41-48-24-34(51-41)29-15-18-37-31(21-29)47(3,4)30-16-13-28(23-38(30)64-37)27-14-17-32-33(22-27)50-42(49-32)36-12-10-20-55(36)44(57)40(26(2)61-6)53-46(59)63-8/h13-18,21-26,35-36,39-40H,9-12,19-20H2,1-8H3,(H,48,51)(H,49,50)(H,52,58)(H,53,59)/t25-,26-,35+,36+,39+,40+/m1/s1. The quantitative estimate of drug-likeness (QED) is 0.102. The molecule has 3 aliphatic rings. The minimum Gasteiger partial charge on any atom is -0.457 e. The summed E-state index contributed by atoms with van der Waals surface area (Å²) in [6, 6.07) is 16.1. The molecule has 2 fully saturated rings. The van der Waals surface area contributed by atoms with E-state index in [1.165, 1.54) is 28.4 Å². The number of fused-ring (bicyclic) bond motifs is 3. The van der Waals surface area contributed by atoms with Crippen molar-refractivity contribution in [2.45, 2.75) is 95.2 Å². The summed E-state index contributed by atoms with van der Waals surface area (Å²) >= 11 is 0. The van der Waals surface area contributed by atoms with Gasteiger partial charge in [0, 0.05) is 49.4 Å². The first kappa shape index (κ1) is 44.2. The van der Waals surface area contributed by atoms with Gasteiger partial charge in [-0.15, -0.1) is 0 Å². The second-order valence-electron chi connectivity index (χ2n) is 17.2. The number of benzene rings is 3. The molecular formula is C47H56N8O9. The maximum atomic E-state index is 13.8. The third-order valence-corrected chi connectivity index (χ3v) is 13.1. The van der Waals surface area contributed by atoms with E-state index >= 15 is 0 Å². The SMILES string of the molecule is COC(=O)N[C@H](C(=O)N1CCC[C@H]1c1ncc(-c2ccc3c(c2)C(C)(C)c2ccc(-c4ccc5nc([C@@H]6CCCN6C(=O)[C@@H](NC(=O)OC)[C@@H](C)OC)[nH]c5c4)cc2O3)[nH]1)[C@@H](C)OC. The summed E-state index contributed by atoms with van der Waals surface area (Å²) in [6.07, 6.45) is 2.29. The second-order valence-corrected chi connectivity index (χ2v) is 17.2. The van der Waals surface area contributed by atoms with Gasteiger partial charge in [-0.25, -0.2) is 19.6 Å². The average molecular weight is 877 g/mol. The Morgan fingerprint density at radius 1 is 0.719 bits per heavy atom. The number of hydrogen-bond donors (Lipinski definition) is 4. The van der Waals surface area contributed by atoms with Crippen LogP contribution in [0.25, 0.3) is 33.4 Å². The Morgan fingerprint density at radius 3 is 1.91 bits per heavy atom. The number of alkyl carbamates (subject to hydrolysis) is 2. The van der Waals surface area contributed by atoms with Crippen LogP contribution in [0.2, 0.25) is 0 Å². The number of likely N-dealkylation sites (tertiary alicyclic amines) is 2. The largest absolute Gasteiger partial charge is 0.457 e. The summed E-state index contributed by atoms with van der Waals surface area (Å²) in [5.41, 5.74) is 6.99. The molecule has 338 valence electrons. The summed E-state index contributed by atoms with van der Waals surface area (Å²) in [6.45, 7) is 8.90. The Kier molecular flexibility index (Phi) is 12.4. The van der Waals surface area contributed by atoms with Crippen LogP contribution in [-0.2, 0) is 34.0 Å². The van der Waals surface area contributed by atoms with E-state index in [1.54, 1.807) is 29.8 Å². The first-order valence-corrected chi connectivity index (χ1v) is 21.6. The number of nitrogens with zero attached hydrogens (tertiary/aromatic N) is 4. The molecular weight excluding hydrogens is 821 g/mol. The summed E-state index contributed by atoms with van der Waals surface area (Å²) in [5.74, 6) is 2.37. The summed E-state index contributed by atoms with van der Waals surface area (Å²) < 4.78 is 27.1. The number of hydrogen-bond acceptors (Lipinski definition) is 11. The van der Waals surface area contributed by atoms with Crippen LogP contribution >= 0.6 is 0 Å². The Morgan fingerprint density at radius 2 is 1.30 bits per heavy atom. The van der Waals surface area contributed by atoms with Gasteiger partial charge in [0.1, 0.15) is 35.2 Å². The fourth-order valence-electron chi connectivity index (χ4n) is 9.25. The van der Waals surface area contributed by atoms with E-state index in [2.05, 4.69) is 64.8 Å². The average Bonchev–Trinajstić information content (AvgIpc) is 4.15. The highest BCUT2D eigenvalue weighted by molar-refractivity contribution is 5.88. The van der Waals surface area contributed by atoms with Crippen LogP contribution in [0.15, 0.2) is 60.8 Å². The van der Waals surface area contributed by atoms with Gasteiger partial charge in [0.2, 0.25) is 11.8 Å². The van der Waals surface area contributed by atoms with E-state index in [9.17, 15) is 19.2 Å². The molecule has 0 radical (unpaired) electrons. The van der Waals surface area contributed by atoms with Crippen LogP contribution in [0.1, 0.15) is 88.2 Å². The maximum Gasteiger partial charge on any atom is 0.407 e. The van der Waals surface area contributed by atoms with Crippen LogP contribution in [-0.4, -0.2) is 120 Å². The summed E-state index contributed by atoms with van der Waals surface area (Å²) in [4.78, 5) is 71.9. The second kappa shape index (κ2) is 18.0. The van der Waals surface area contributed by atoms with E-state index in [0.717, 1.165) is 81.7 Å². The number of methoxy groups -OCH3 is 4. The molecule has 64 heavy (non-hydrogen) atoms. The minimum absolute atomic E-state index is 0.255. The summed E-state index contributed by atoms with van der Waals surface area (Å²) in [7, 11) is 5.52. The molecule has 0 aliphatic carbocycles. The number of carbonyl (C=O) groups is 4. The van der Waals surface area contributed by atoms with E-state index in [-0.39, 0.29) is 23.9 Å². The molecule has 2 saturated heterocycles. The first-order valence-electron chi connectivity index (χ1n) is 21.6. The highest BCUT2D eigenvalue weighted by Gasteiger charge is 2.41. The zero-order valence-electron chi connectivity index (χ0n) is 37.4. The normalized spacial score (nSPS) is 19.5. The van der Waals surface area contributed by atoms with Gasteiger partial charge in [0.25, 0.3) is 0 Å². The van der Waals surface area contributed by atoms with Gasteiger partial charge >= 0.3 is 12.2 Å². The van der Waals surface area contributed by atoms with E-state index < -0.39 is 41.9 Å². The third kappa shape index (κ3) is 8.25. The number of rotatable bonds is 12. The number of H-pyrrole nitrogens is 2. The number of aromatic amines is 2. The molecule has 4 N–H and O–H groups in total.